The molecule has 2 aromatic carbocycles. The lowest BCUT2D eigenvalue weighted by molar-refractivity contribution is 0.0942. The second kappa shape index (κ2) is 8.14. The zero-order chi connectivity index (χ0) is 23.1. The monoisotopic (exact) mass is 467 g/mol. The average Bonchev–Trinajstić information content (AvgIpc) is 3.37. The number of benzene rings is 2. The zero-order valence-electron chi connectivity index (χ0n) is 16.9. The lowest BCUT2D eigenvalue weighted by Gasteiger charge is -2.07. The number of anilines is 1. The minimum Gasteiger partial charge on any atom is -0.382 e. The third kappa shape index (κ3) is 3.85. The molecule has 0 radical (unpaired) electrons. The van der Waals surface area contributed by atoms with Crippen molar-refractivity contribution in [2.75, 3.05) is 5.73 Å². The van der Waals surface area contributed by atoms with E-state index in [1.807, 2.05) is 16.7 Å². The summed E-state index contributed by atoms with van der Waals surface area (Å²) in [6, 6.07) is 8.68. The van der Waals surface area contributed by atoms with E-state index in [0.29, 0.717) is 34.2 Å². The molecule has 5 aromatic rings. The van der Waals surface area contributed by atoms with Crippen LogP contribution in [0.4, 0.5) is 14.6 Å². The highest BCUT2D eigenvalue weighted by molar-refractivity contribution is 6.31. The molecule has 0 atom stereocenters. The van der Waals surface area contributed by atoms with E-state index in [2.05, 4.69) is 25.3 Å². The molecule has 1 amide bonds. The number of nitrogens with one attached hydrogen (secondary N) is 2. The van der Waals surface area contributed by atoms with Crippen molar-refractivity contribution in [3.05, 3.63) is 82.5 Å². The topological polar surface area (TPSA) is 115 Å². The Labute approximate surface area is 190 Å². The van der Waals surface area contributed by atoms with Gasteiger partial charge in [0.2, 0.25) is 0 Å². The van der Waals surface area contributed by atoms with Gasteiger partial charge in [0.15, 0.2) is 11.5 Å². The minimum absolute atomic E-state index is 0.0378. The summed E-state index contributed by atoms with van der Waals surface area (Å²) in [6.07, 6.45) is 2.99. The fourth-order valence-corrected chi connectivity index (χ4v) is 3.98. The van der Waals surface area contributed by atoms with Crippen LogP contribution in [0.25, 0.3) is 22.1 Å². The molecule has 0 saturated carbocycles. The van der Waals surface area contributed by atoms with Gasteiger partial charge in [0.1, 0.15) is 29.0 Å². The van der Waals surface area contributed by atoms with Crippen molar-refractivity contribution in [3.8, 4) is 0 Å². The highest BCUT2D eigenvalue weighted by Gasteiger charge is 2.17. The number of fused-ring (bicyclic) bond motifs is 2. The Morgan fingerprint density at radius 3 is 2.73 bits per heavy atom. The van der Waals surface area contributed by atoms with Crippen molar-refractivity contribution in [1.82, 2.24) is 29.8 Å². The molecular formula is C22H16ClF2N7O. The van der Waals surface area contributed by atoms with E-state index in [4.69, 9.17) is 17.3 Å². The second-order valence-electron chi connectivity index (χ2n) is 7.41. The Morgan fingerprint density at radius 1 is 1.15 bits per heavy atom. The van der Waals surface area contributed by atoms with Gasteiger partial charge in [0.25, 0.3) is 5.91 Å². The fourth-order valence-electron chi connectivity index (χ4n) is 3.73. The van der Waals surface area contributed by atoms with Gasteiger partial charge in [-0.25, -0.2) is 23.7 Å². The van der Waals surface area contributed by atoms with Gasteiger partial charge in [0.05, 0.1) is 24.9 Å². The second-order valence-corrected chi connectivity index (χ2v) is 7.84. The van der Waals surface area contributed by atoms with Crippen LogP contribution in [0.3, 0.4) is 0 Å². The highest BCUT2D eigenvalue weighted by atomic mass is 35.5. The first kappa shape index (κ1) is 20.8. The van der Waals surface area contributed by atoms with E-state index in [0.717, 1.165) is 28.6 Å². The van der Waals surface area contributed by atoms with E-state index in [1.54, 1.807) is 12.4 Å². The molecule has 11 heteroatoms. The largest absolute Gasteiger partial charge is 0.382 e. The summed E-state index contributed by atoms with van der Waals surface area (Å²) in [5.41, 5.74) is 8.62. The van der Waals surface area contributed by atoms with Gasteiger partial charge in [-0.05, 0) is 35.9 Å². The van der Waals surface area contributed by atoms with E-state index < -0.39 is 23.1 Å². The lowest BCUT2D eigenvalue weighted by Crippen LogP contribution is -2.25. The van der Waals surface area contributed by atoms with Crippen LogP contribution in [0.1, 0.15) is 21.6 Å². The molecule has 0 unspecified atom stereocenters. The molecule has 3 aromatic heterocycles. The van der Waals surface area contributed by atoms with E-state index in [1.165, 1.54) is 12.4 Å². The van der Waals surface area contributed by atoms with Crippen molar-refractivity contribution in [3.63, 3.8) is 0 Å². The van der Waals surface area contributed by atoms with Crippen molar-refractivity contribution >= 4 is 45.4 Å². The van der Waals surface area contributed by atoms with Crippen molar-refractivity contribution in [2.24, 2.45) is 0 Å². The molecule has 0 aliphatic heterocycles. The van der Waals surface area contributed by atoms with Crippen molar-refractivity contribution < 1.29 is 13.6 Å². The van der Waals surface area contributed by atoms with Gasteiger partial charge in [-0.2, -0.15) is 0 Å². The molecule has 0 aliphatic rings. The van der Waals surface area contributed by atoms with Crippen molar-refractivity contribution in [2.45, 2.75) is 13.1 Å². The van der Waals surface area contributed by atoms with Crippen LogP contribution < -0.4 is 11.1 Å². The van der Waals surface area contributed by atoms with Gasteiger partial charge in [0, 0.05) is 16.1 Å². The molecule has 0 spiro atoms. The minimum atomic E-state index is -0.921. The number of carbonyl (C=O) groups excluding carboxylic acids is 1. The summed E-state index contributed by atoms with van der Waals surface area (Å²) < 4.78 is 29.5. The van der Waals surface area contributed by atoms with E-state index in [-0.39, 0.29) is 6.54 Å². The average molecular weight is 468 g/mol. The number of nitrogens with two attached hydrogens (primary N) is 1. The summed E-state index contributed by atoms with van der Waals surface area (Å²) >= 11 is 6.32. The van der Waals surface area contributed by atoms with Gasteiger partial charge in [-0.1, -0.05) is 17.7 Å². The van der Waals surface area contributed by atoms with Crippen LogP contribution in [-0.4, -0.2) is 30.4 Å². The SMILES string of the molecule is Nc1ncnc2c1ncn2Cc1cc(Cl)cc2cc(CNC(=O)c3c(F)cccc3F)[nH]c12. The standard InChI is InChI=1S/C22H16ClF2N7O/c23-13-4-11-6-14(7-27-22(33)17-15(24)2-1-3-16(17)25)31-18(11)12(5-13)8-32-10-30-19-20(26)28-9-29-21(19)32/h1-6,9-10,31H,7-8H2,(H,27,33)(H2,26,28,29). The number of halogens is 3. The normalized spacial score (nSPS) is 11.4. The number of nitrogens with zero attached hydrogens (tertiary/aromatic N) is 4. The third-order valence-corrected chi connectivity index (χ3v) is 5.45. The van der Waals surface area contributed by atoms with Crippen LogP contribution in [0, 0.1) is 11.6 Å². The number of amides is 1. The molecule has 3 heterocycles. The maximum Gasteiger partial charge on any atom is 0.257 e. The number of imidazole rings is 1. The van der Waals surface area contributed by atoms with Crippen LogP contribution in [0.5, 0.6) is 0 Å². The van der Waals surface area contributed by atoms with Crippen molar-refractivity contribution in [1.29, 1.82) is 0 Å². The van der Waals surface area contributed by atoms with Gasteiger partial charge >= 0.3 is 0 Å². The van der Waals surface area contributed by atoms with Crippen LogP contribution in [0.2, 0.25) is 5.02 Å². The first-order chi connectivity index (χ1) is 15.9. The van der Waals surface area contributed by atoms with E-state index in [9.17, 15) is 13.6 Å². The van der Waals surface area contributed by atoms with Crippen LogP contribution in [0.15, 0.2) is 49.1 Å². The maximum absolute atomic E-state index is 13.9. The molecule has 5 rings (SSSR count). The Kier molecular flexibility index (Phi) is 5.14. The number of hydrogen-bond acceptors (Lipinski definition) is 5. The quantitative estimate of drug-likeness (QED) is 0.364. The predicted molar refractivity (Wildman–Crippen MR) is 120 cm³/mol. The Hall–Kier alpha value is -4.05. The molecule has 0 saturated heterocycles. The van der Waals surface area contributed by atoms with Crippen LogP contribution >= 0.6 is 11.6 Å². The summed E-state index contributed by atoms with van der Waals surface area (Å²) in [6.45, 7) is 0.437. The number of hydrogen-bond donors (Lipinski definition) is 3. The number of aromatic nitrogens is 5. The molecule has 0 bridgehead atoms. The summed E-state index contributed by atoms with van der Waals surface area (Å²) in [7, 11) is 0. The lowest BCUT2D eigenvalue weighted by atomic mass is 10.1. The summed E-state index contributed by atoms with van der Waals surface area (Å²) in [5, 5.41) is 3.88. The summed E-state index contributed by atoms with van der Waals surface area (Å²) in [5.74, 6) is -2.39. The molecule has 0 fully saturated rings. The van der Waals surface area contributed by atoms with Gasteiger partial charge < -0.3 is 20.6 Å². The van der Waals surface area contributed by atoms with Gasteiger partial charge in [-0.3, -0.25) is 4.79 Å². The Morgan fingerprint density at radius 2 is 1.94 bits per heavy atom. The third-order valence-electron chi connectivity index (χ3n) is 5.23. The number of rotatable bonds is 5. The molecule has 8 nitrogen and oxygen atoms in total. The predicted octanol–water partition coefficient (Wildman–Crippen LogP) is 3.80. The summed E-state index contributed by atoms with van der Waals surface area (Å²) in [4.78, 5) is 28.0. The first-order valence-electron chi connectivity index (χ1n) is 9.84. The fraction of sp³-hybridized carbons (Fsp3) is 0.0909. The highest BCUT2D eigenvalue weighted by Crippen LogP contribution is 2.27. The number of H-pyrrole nitrogens is 1. The van der Waals surface area contributed by atoms with E-state index >= 15 is 0 Å². The number of carbonyl (C=O) groups is 1. The molecule has 33 heavy (non-hydrogen) atoms. The first-order valence-corrected chi connectivity index (χ1v) is 10.2. The molecular weight excluding hydrogens is 452 g/mol. The Balaban J connectivity index is 1.43. The molecule has 4 N–H and O–H groups in total. The smallest absolute Gasteiger partial charge is 0.257 e. The number of nitrogen functional groups attached to an aromatic ring is 1. The molecule has 166 valence electrons. The van der Waals surface area contributed by atoms with Crippen LogP contribution in [-0.2, 0) is 13.1 Å². The van der Waals surface area contributed by atoms with Gasteiger partial charge in [-0.15, -0.1) is 0 Å². The molecule has 0 aliphatic carbocycles. The maximum atomic E-state index is 13.9. The zero-order valence-corrected chi connectivity index (χ0v) is 17.7. The number of aromatic amines is 1. The Bertz CT molecular complexity index is 1510.